The van der Waals surface area contributed by atoms with Crippen molar-refractivity contribution in [3.05, 3.63) is 96.1 Å². The van der Waals surface area contributed by atoms with E-state index in [0.29, 0.717) is 12.5 Å². The summed E-state index contributed by atoms with van der Waals surface area (Å²) in [7, 11) is 2.08. The first-order valence-corrected chi connectivity index (χ1v) is 12.4. The third-order valence-corrected chi connectivity index (χ3v) is 7.06. The highest BCUT2D eigenvalue weighted by molar-refractivity contribution is 6.36. The topological polar surface area (TPSA) is 58.4 Å². The van der Waals surface area contributed by atoms with Gasteiger partial charge in [0.1, 0.15) is 13.7 Å². The Labute approximate surface area is 206 Å². The monoisotopic (exact) mass is 460 g/mol. The minimum absolute atomic E-state index is 0.400. The molecule has 1 unspecified atom stereocenters. The van der Waals surface area contributed by atoms with E-state index in [0.717, 1.165) is 54.2 Å². The molecule has 7 heteroatoms. The van der Waals surface area contributed by atoms with E-state index in [1.165, 1.54) is 22.8 Å². The summed E-state index contributed by atoms with van der Waals surface area (Å²) in [5, 5.41) is 10.8. The summed E-state index contributed by atoms with van der Waals surface area (Å²) in [6, 6.07) is 21.6. The van der Waals surface area contributed by atoms with E-state index < -0.39 is 0 Å². The Morgan fingerprint density at radius 3 is 2.86 bits per heavy atom. The van der Waals surface area contributed by atoms with E-state index in [9.17, 15) is 0 Å². The lowest BCUT2D eigenvalue weighted by molar-refractivity contribution is 0.199. The average Bonchev–Trinajstić information content (AvgIpc) is 3.29. The van der Waals surface area contributed by atoms with Gasteiger partial charge in [-0.1, -0.05) is 48.5 Å². The van der Waals surface area contributed by atoms with Crippen molar-refractivity contribution < 1.29 is 0 Å². The first kappa shape index (κ1) is 21.8. The Morgan fingerprint density at radius 2 is 1.94 bits per heavy atom. The number of rotatable bonds is 6. The molecule has 1 N–H and O–H groups in total. The molecule has 1 aliphatic rings. The van der Waals surface area contributed by atoms with Crippen molar-refractivity contribution in [2.24, 2.45) is 0 Å². The number of anilines is 1. The number of likely N-dealkylation sites (tertiary alicyclic amines) is 1. The van der Waals surface area contributed by atoms with E-state index in [1.807, 2.05) is 23.0 Å². The Bertz CT molecular complexity index is 1460. The summed E-state index contributed by atoms with van der Waals surface area (Å²) < 4.78 is 1.92. The fraction of sp³-hybridized carbons (Fsp3) is 0.250. The summed E-state index contributed by atoms with van der Waals surface area (Å²) >= 11 is 0. The number of pyridine rings is 1. The maximum atomic E-state index is 5.09. The minimum Gasteiger partial charge on any atom is -0.366 e. The van der Waals surface area contributed by atoms with E-state index >= 15 is 0 Å². The molecule has 174 valence electrons. The van der Waals surface area contributed by atoms with Gasteiger partial charge in [0.2, 0.25) is 0 Å². The lowest BCUT2D eigenvalue weighted by Gasteiger charge is -2.33. The second-order valence-corrected chi connectivity index (χ2v) is 9.56. The van der Waals surface area contributed by atoms with E-state index in [4.69, 9.17) is 4.98 Å². The molecule has 1 atom stereocenters. The average molecular weight is 460 g/mol. The molecule has 0 saturated carbocycles. The molecule has 6 nitrogen and oxygen atoms in total. The highest BCUT2D eigenvalue weighted by atomic mass is 15.3. The van der Waals surface area contributed by atoms with Crippen molar-refractivity contribution >= 4 is 35.5 Å². The number of benzene rings is 2. The van der Waals surface area contributed by atoms with Crippen LogP contribution in [0.2, 0.25) is 0 Å². The summed E-state index contributed by atoms with van der Waals surface area (Å²) in [6.45, 7) is 3.81. The number of fused-ring (bicyclic) bond motifs is 2. The second kappa shape index (κ2) is 9.51. The molecule has 1 aliphatic heterocycles. The van der Waals surface area contributed by atoms with Crippen LogP contribution in [0.3, 0.4) is 0 Å². The molecule has 4 heterocycles. The fourth-order valence-corrected chi connectivity index (χ4v) is 5.23. The van der Waals surface area contributed by atoms with Crippen LogP contribution < -0.4 is 10.8 Å². The first-order valence-electron chi connectivity index (χ1n) is 12.4. The fourth-order valence-electron chi connectivity index (χ4n) is 5.23. The van der Waals surface area contributed by atoms with Crippen LogP contribution in [-0.2, 0) is 13.1 Å². The summed E-state index contributed by atoms with van der Waals surface area (Å²) in [5.41, 5.74) is 5.72. The predicted molar refractivity (Wildman–Crippen MR) is 144 cm³/mol. The van der Waals surface area contributed by atoms with E-state index in [-0.39, 0.29) is 0 Å². The smallest absolute Gasteiger partial charge is 0.151 e. The summed E-state index contributed by atoms with van der Waals surface area (Å²) in [4.78, 5) is 11.9. The lowest BCUT2D eigenvalue weighted by Crippen LogP contribution is -2.34. The molecule has 0 spiro atoms. The first-order chi connectivity index (χ1) is 17.2. The Morgan fingerprint density at radius 1 is 1.03 bits per heavy atom. The van der Waals surface area contributed by atoms with Gasteiger partial charge in [-0.3, -0.25) is 9.88 Å². The van der Waals surface area contributed by atoms with Crippen molar-refractivity contribution in [1.29, 1.82) is 0 Å². The molecule has 35 heavy (non-hydrogen) atoms. The zero-order valence-electron chi connectivity index (χ0n) is 20.1. The Kier molecular flexibility index (Phi) is 5.92. The zero-order chi connectivity index (χ0) is 23.6. The normalized spacial score (nSPS) is 16.6. The highest BCUT2D eigenvalue weighted by Crippen LogP contribution is 2.30. The summed E-state index contributed by atoms with van der Waals surface area (Å²) in [6.07, 6.45) is 7.93. The van der Waals surface area contributed by atoms with Crippen molar-refractivity contribution in [2.75, 3.05) is 18.4 Å². The number of piperidine rings is 1. The number of hydrogen-bond acceptors (Lipinski definition) is 5. The lowest BCUT2D eigenvalue weighted by atomic mass is 9.93. The van der Waals surface area contributed by atoms with Crippen LogP contribution in [0.4, 0.5) is 5.82 Å². The predicted octanol–water partition coefficient (Wildman–Crippen LogP) is 3.53. The van der Waals surface area contributed by atoms with Crippen molar-refractivity contribution in [3.8, 4) is 0 Å². The second-order valence-electron chi connectivity index (χ2n) is 9.56. The van der Waals surface area contributed by atoms with Gasteiger partial charge in [0.25, 0.3) is 0 Å². The SMILES string of the molecule is Bc1cnn2c(NCc3cccnc3)cc(C3CCCN(Cc4cccc5ccccc45)C3)nc12. The summed E-state index contributed by atoms with van der Waals surface area (Å²) in [5.74, 6) is 1.38. The van der Waals surface area contributed by atoms with Gasteiger partial charge in [0, 0.05) is 50.2 Å². The number of nitrogens with zero attached hydrogens (tertiary/aromatic N) is 5. The maximum absolute atomic E-state index is 5.09. The van der Waals surface area contributed by atoms with Gasteiger partial charge < -0.3 is 5.32 Å². The van der Waals surface area contributed by atoms with Gasteiger partial charge in [0.15, 0.2) is 5.65 Å². The van der Waals surface area contributed by atoms with Gasteiger partial charge in [-0.15, -0.1) is 0 Å². The van der Waals surface area contributed by atoms with Crippen LogP contribution >= 0.6 is 0 Å². The number of nitrogens with one attached hydrogen (secondary N) is 1. The molecule has 0 radical (unpaired) electrons. The molecule has 1 fully saturated rings. The van der Waals surface area contributed by atoms with Gasteiger partial charge in [-0.2, -0.15) is 9.61 Å². The third-order valence-electron chi connectivity index (χ3n) is 7.06. The van der Waals surface area contributed by atoms with Gasteiger partial charge in [-0.25, -0.2) is 4.98 Å². The molecule has 5 aromatic rings. The quantitative estimate of drug-likeness (QED) is 0.393. The molecule has 0 aliphatic carbocycles. The van der Waals surface area contributed by atoms with Crippen molar-refractivity contribution in [3.63, 3.8) is 0 Å². The molecular formula is C28H29BN6. The maximum Gasteiger partial charge on any atom is 0.151 e. The zero-order valence-corrected chi connectivity index (χ0v) is 20.1. The Hall–Kier alpha value is -3.71. The Balaban J connectivity index is 1.26. The van der Waals surface area contributed by atoms with Crippen LogP contribution in [0.25, 0.3) is 16.4 Å². The van der Waals surface area contributed by atoms with Gasteiger partial charge >= 0.3 is 0 Å². The van der Waals surface area contributed by atoms with E-state index in [2.05, 4.69) is 82.7 Å². The van der Waals surface area contributed by atoms with Gasteiger partial charge in [0.05, 0.1) is 5.69 Å². The highest BCUT2D eigenvalue weighted by Gasteiger charge is 2.24. The van der Waals surface area contributed by atoms with Gasteiger partial charge in [-0.05, 0) is 52.8 Å². The standard InChI is InChI=1S/C28H29BN6/c29-25-17-32-35-27(31-16-20-6-4-12-30-15-20)14-26(33-28(25)35)23-10-5-13-34(19-23)18-22-9-3-8-21-7-1-2-11-24(21)22/h1-4,6-9,11-12,14-15,17,23,31H,5,10,13,16,18-19,29H2. The third kappa shape index (κ3) is 4.51. The molecular weight excluding hydrogens is 431 g/mol. The minimum atomic E-state index is 0.400. The molecule has 3 aromatic heterocycles. The van der Waals surface area contributed by atoms with E-state index in [1.54, 1.807) is 6.20 Å². The van der Waals surface area contributed by atoms with Crippen LogP contribution in [0.1, 0.15) is 35.6 Å². The van der Waals surface area contributed by atoms with Crippen molar-refractivity contribution in [1.82, 2.24) is 24.5 Å². The number of hydrogen-bond donors (Lipinski definition) is 1. The van der Waals surface area contributed by atoms with Crippen LogP contribution in [0, 0.1) is 0 Å². The molecule has 0 bridgehead atoms. The largest absolute Gasteiger partial charge is 0.366 e. The molecule has 0 amide bonds. The van der Waals surface area contributed by atoms with Crippen molar-refractivity contribution in [2.45, 2.75) is 31.8 Å². The van der Waals surface area contributed by atoms with Crippen LogP contribution in [0.15, 0.2) is 79.3 Å². The van der Waals surface area contributed by atoms with Crippen LogP contribution in [-0.4, -0.2) is 45.4 Å². The molecule has 6 rings (SSSR count). The molecule has 1 saturated heterocycles. The molecule has 2 aromatic carbocycles. The van der Waals surface area contributed by atoms with Crippen LogP contribution in [0.5, 0.6) is 0 Å². The number of aromatic nitrogens is 4.